The predicted octanol–water partition coefficient (Wildman–Crippen LogP) is 2.04. The highest BCUT2D eigenvalue weighted by Crippen LogP contribution is 2.18. The number of aromatic amines is 1. The SMILES string of the molecule is CC(C)CC(C)n1c(CO)n[nH]c1=S. The molecule has 1 rings (SSSR count). The van der Waals surface area contributed by atoms with Crippen LogP contribution < -0.4 is 0 Å². The molecule has 0 saturated heterocycles. The van der Waals surface area contributed by atoms with Gasteiger partial charge in [-0.1, -0.05) is 13.8 Å². The standard InChI is InChI=1S/C9H17N3OS/c1-6(2)4-7(3)12-8(5-13)10-11-9(12)14/h6-7,13H,4-5H2,1-3H3,(H,11,14). The third kappa shape index (κ3) is 2.42. The lowest BCUT2D eigenvalue weighted by Gasteiger charge is -2.16. The van der Waals surface area contributed by atoms with Gasteiger partial charge >= 0.3 is 0 Å². The first-order valence-electron chi connectivity index (χ1n) is 4.83. The first-order chi connectivity index (χ1) is 6.56. The topological polar surface area (TPSA) is 53.8 Å². The normalized spacial score (nSPS) is 13.5. The van der Waals surface area contributed by atoms with Crippen LogP contribution in [0.4, 0.5) is 0 Å². The van der Waals surface area contributed by atoms with Crippen LogP contribution >= 0.6 is 12.2 Å². The van der Waals surface area contributed by atoms with Crippen molar-refractivity contribution < 1.29 is 5.11 Å². The summed E-state index contributed by atoms with van der Waals surface area (Å²) in [7, 11) is 0. The van der Waals surface area contributed by atoms with Crippen LogP contribution in [-0.4, -0.2) is 19.9 Å². The summed E-state index contributed by atoms with van der Waals surface area (Å²) < 4.78 is 2.47. The smallest absolute Gasteiger partial charge is 0.195 e. The fourth-order valence-electron chi connectivity index (χ4n) is 1.69. The van der Waals surface area contributed by atoms with Crippen molar-refractivity contribution in [3.63, 3.8) is 0 Å². The zero-order valence-corrected chi connectivity index (χ0v) is 9.64. The van der Waals surface area contributed by atoms with E-state index in [1.54, 1.807) is 0 Å². The number of aliphatic hydroxyl groups excluding tert-OH is 1. The third-order valence-corrected chi connectivity index (χ3v) is 2.46. The molecule has 2 N–H and O–H groups in total. The second kappa shape index (κ2) is 4.70. The van der Waals surface area contributed by atoms with Gasteiger partial charge in [-0.2, -0.15) is 5.10 Å². The van der Waals surface area contributed by atoms with E-state index in [1.165, 1.54) is 0 Å². The Bertz CT molecular complexity index is 342. The molecule has 0 saturated carbocycles. The van der Waals surface area contributed by atoms with Gasteiger partial charge in [0.2, 0.25) is 0 Å². The maximum atomic E-state index is 9.07. The van der Waals surface area contributed by atoms with Crippen LogP contribution in [0.15, 0.2) is 0 Å². The van der Waals surface area contributed by atoms with Crippen molar-refractivity contribution in [2.75, 3.05) is 0 Å². The van der Waals surface area contributed by atoms with Crippen molar-refractivity contribution in [2.24, 2.45) is 5.92 Å². The van der Waals surface area contributed by atoms with Gasteiger partial charge in [-0.3, -0.25) is 9.67 Å². The van der Waals surface area contributed by atoms with E-state index < -0.39 is 0 Å². The van der Waals surface area contributed by atoms with Crippen LogP contribution in [-0.2, 0) is 6.61 Å². The number of nitrogens with zero attached hydrogens (tertiary/aromatic N) is 2. The lowest BCUT2D eigenvalue weighted by Crippen LogP contribution is -2.11. The van der Waals surface area contributed by atoms with E-state index in [0.717, 1.165) is 6.42 Å². The maximum Gasteiger partial charge on any atom is 0.195 e. The summed E-state index contributed by atoms with van der Waals surface area (Å²) >= 11 is 5.10. The maximum absolute atomic E-state index is 9.07. The van der Waals surface area contributed by atoms with Gasteiger partial charge in [0, 0.05) is 6.04 Å². The summed E-state index contributed by atoms with van der Waals surface area (Å²) in [5.74, 6) is 1.22. The average Bonchev–Trinajstić information content (AvgIpc) is 2.45. The summed E-state index contributed by atoms with van der Waals surface area (Å²) in [5.41, 5.74) is 0. The first kappa shape index (κ1) is 11.4. The number of aliphatic hydroxyl groups is 1. The van der Waals surface area contributed by atoms with Gasteiger partial charge in [0.05, 0.1) is 0 Å². The van der Waals surface area contributed by atoms with Crippen LogP contribution in [0.5, 0.6) is 0 Å². The van der Waals surface area contributed by atoms with Gasteiger partial charge in [-0.25, -0.2) is 0 Å². The van der Waals surface area contributed by atoms with Crippen molar-refractivity contribution >= 4 is 12.2 Å². The fraction of sp³-hybridized carbons (Fsp3) is 0.778. The summed E-state index contributed by atoms with van der Waals surface area (Å²) in [6.07, 6.45) is 1.03. The molecule has 0 aromatic carbocycles. The van der Waals surface area contributed by atoms with Gasteiger partial charge in [0.25, 0.3) is 0 Å². The van der Waals surface area contributed by atoms with E-state index >= 15 is 0 Å². The monoisotopic (exact) mass is 215 g/mol. The highest BCUT2D eigenvalue weighted by molar-refractivity contribution is 7.71. The van der Waals surface area contributed by atoms with E-state index in [4.69, 9.17) is 17.3 Å². The molecule has 0 bridgehead atoms. The Morgan fingerprint density at radius 3 is 2.64 bits per heavy atom. The van der Waals surface area contributed by atoms with E-state index in [9.17, 15) is 0 Å². The van der Waals surface area contributed by atoms with Crippen LogP contribution in [0.3, 0.4) is 0 Å². The molecule has 0 aliphatic heterocycles. The fourth-order valence-corrected chi connectivity index (χ4v) is 2.02. The Hall–Kier alpha value is -0.680. The van der Waals surface area contributed by atoms with E-state index in [-0.39, 0.29) is 12.6 Å². The summed E-state index contributed by atoms with van der Waals surface area (Å²) in [6, 6.07) is 0.281. The van der Waals surface area contributed by atoms with Crippen LogP contribution in [0, 0.1) is 10.7 Å². The minimum absolute atomic E-state index is 0.0738. The molecule has 0 amide bonds. The van der Waals surface area contributed by atoms with Crippen molar-refractivity contribution in [1.29, 1.82) is 0 Å². The number of nitrogens with one attached hydrogen (secondary N) is 1. The predicted molar refractivity (Wildman–Crippen MR) is 57.5 cm³/mol. The van der Waals surface area contributed by atoms with Gasteiger partial charge in [0.15, 0.2) is 10.6 Å². The molecule has 1 unspecified atom stereocenters. The van der Waals surface area contributed by atoms with Crippen molar-refractivity contribution in [3.8, 4) is 0 Å². The number of hydrogen-bond acceptors (Lipinski definition) is 3. The Morgan fingerprint density at radius 2 is 2.14 bits per heavy atom. The molecule has 1 atom stereocenters. The quantitative estimate of drug-likeness (QED) is 0.756. The number of aromatic nitrogens is 3. The summed E-state index contributed by atoms with van der Waals surface area (Å²) in [6.45, 7) is 6.34. The summed E-state index contributed by atoms with van der Waals surface area (Å²) in [4.78, 5) is 0. The van der Waals surface area contributed by atoms with E-state index in [0.29, 0.717) is 16.5 Å². The van der Waals surface area contributed by atoms with Crippen molar-refractivity contribution in [2.45, 2.75) is 39.8 Å². The largest absolute Gasteiger partial charge is 0.388 e. The molecule has 80 valence electrons. The van der Waals surface area contributed by atoms with E-state index in [2.05, 4.69) is 31.0 Å². The lowest BCUT2D eigenvalue weighted by molar-refractivity contribution is 0.257. The third-order valence-electron chi connectivity index (χ3n) is 2.17. The minimum atomic E-state index is -0.0738. The minimum Gasteiger partial charge on any atom is -0.388 e. The molecule has 5 heteroatoms. The molecular formula is C9H17N3OS. The molecule has 0 aliphatic rings. The molecule has 0 fully saturated rings. The van der Waals surface area contributed by atoms with Gasteiger partial charge in [-0.05, 0) is 31.5 Å². The van der Waals surface area contributed by atoms with E-state index in [1.807, 2.05) is 4.57 Å². The Labute approximate surface area is 89.0 Å². The Kier molecular flexibility index (Phi) is 3.83. The molecule has 1 aromatic rings. The van der Waals surface area contributed by atoms with Gasteiger partial charge < -0.3 is 5.11 Å². The first-order valence-corrected chi connectivity index (χ1v) is 5.23. The molecule has 1 aromatic heterocycles. The Balaban J connectivity index is 2.92. The highest BCUT2D eigenvalue weighted by atomic mass is 32.1. The average molecular weight is 215 g/mol. The highest BCUT2D eigenvalue weighted by Gasteiger charge is 2.13. The number of H-pyrrole nitrogens is 1. The number of rotatable bonds is 4. The van der Waals surface area contributed by atoms with Crippen LogP contribution in [0.1, 0.15) is 39.1 Å². The second-order valence-electron chi connectivity index (χ2n) is 3.95. The zero-order valence-electron chi connectivity index (χ0n) is 8.82. The van der Waals surface area contributed by atoms with Gasteiger partial charge in [0.1, 0.15) is 6.61 Å². The molecule has 4 nitrogen and oxygen atoms in total. The van der Waals surface area contributed by atoms with Crippen LogP contribution in [0.25, 0.3) is 0 Å². The van der Waals surface area contributed by atoms with Gasteiger partial charge in [-0.15, -0.1) is 0 Å². The van der Waals surface area contributed by atoms with Crippen LogP contribution in [0.2, 0.25) is 0 Å². The van der Waals surface area contributed by atoms with Crippen molar-refractivity contribution in [1.82, 2.24) is 14.8 Å². The lowest BCUT2D eigenvalue weighted by atomic mass is 10.1. The molecular weight excluding hydrogens is 198 g/mol. The Morgan fingerprint density at radius 1 is 1.50 bits per heavy atom. The molecule has 0 spiro atoms. The zero-order chi connectivity index (χ0) is 10.7. The summed E-state index contributed by atoms with van der Waals surface area (Å²) in [5, 5.41) is 15.7. The molecule has 14 heavy (non-hydrogen) atoms. The second-order valence-corrected chi connectivity index (χ2v) is 4.34. The van der Waals surface area contributed by atoms with Crippen molar-refractivity contribution in [3.05, 3.63) is 10.6 Å². The molecule has 0 radical (unpaired) electrons. The molecule has 1 heterocycles. The molecule has 0 aliphatic carbocycles. The number of hydrogen-bond donors (Lipinski definition) is 2.